The number of carbonyl (C=O) groups excluding carboxylic acids is 1. The van der Waals surface area contributed by atoms with Crippen LogP contribution >= 0.6 is 11.6 Å². The Morgan fingerprint density at radius 2 is 1.93 bits per heavy atom. The first-order chi connectivity index (χ1) is 13.2. The first kappa shape index (κ1) is 18.6. The Labute approximate surface area is 162 Å². The molecule has 1 heterocycles. The first-order valence-corrected chi connectivity index (χ1v) is 8.70. The lowest BCUT2D eigenvalue weighted by Crippen LogP contribution is -2.34. The zero-order chi connectivity index (χ0) is 19.1. The van der Waals surface area contributed by atoms with Crippen LogP contribution in [0, 0.1) is 11.3 Å². The van der Waals surface area contributed by atoms with Gasteiger partial charge < -0.3 is 14.1 Å². The molecule has 0 fully saturated rings. The molecule has 0 N–H and O–H groups in total. The minimum Gasteiger partial charge on any atom is -0.482 e. The first-order valence-electron chi connectivity index (χ1n) is 8.32. The highest BCUT2D eigenvalue weighted by Gasteiger charge is 2.17. The van der Waals surface area contributed by atoms with E-state index >= 15 is 0 Å². The summed E-state index contributed by atoms with van der Waals surface area (Å²) in [5.41, 5.74) is 1.44. The van der Waals surface area contributed by atoms with Gasteiger partial charge in [0.05, 0.1) is 29.5 Å². The number of benzene rings is 2. The molecule has 0 aliphatic rings. The van der Waals surface area contributed by atoms with Gasteiger partial charge in [0, 0.05) is 6.54 Å². The van der Waals surface area contributed by atoms with Crippen LogP contribution in [0.3, 0.4) is 0 Å². The summed E-state index contributed by atoms with van der Waals surface area (Å²) in [6, 6.07) is 20.0. The van der Waals surface area contributed by atoms with E-state index in [2.05, 4.69) is 0 Å². The maximum absolute atomic E-state index is 12.7. The van der Waals surface area contributed by atoms with Crippen LogP contribution in [0.25, 0.3) is 0 Å². The fraction of sp³-hybridized carbons (Fsp3) is 0.143. The summed E-state index contributed by atoms with van der Waals surface area (Å²) in [7, 11) is 0. The van der Waals surface area contributed by atoms with E-state index in [1.165, 1.54) is 6.07 Å². The molecule has 0 unspecified atom stereocenters. The lowest BCUT2D eigenvalue weighted by molar-refractivity contribution is -0.134. The number of hydrogen-bond acceptors (Lipinski definition) is 4. The number of nitriles is 1. The zero-order valence-electron chi connectivity index (χ0n) is 14.5. The normalized spacial score (nSPS) is 10.2. The van der Waals surface area contributed by atoms with Crippen LogP contribution in [-0.2, 0) is 17.9 Å². The maximum atomic E-state index is 12.7. The van der Waals surface area contributed by atoms with E-state index < -0.39 is 0 Å². The molecule has 0 saturated heterocycles. The Morgan fingerprint density at radius 1 is 1.11 bits per heavy atom. The molecule has 0 spiro atoms. The van der Waals surface area contributed by atoms with Crippen LogP contribution < -0.4 is 4.74 Å². The van der Waals surface area contributed by atoms with Gasteiger partial charge in [0.15, 0.2) is 6.61 Å². The average molecular weight is 381 g/mol. The molecule has 5 nitrogen and oxygen atoms in total. The fourth-order valence-corrected chi connectivity index (χ4v) is 2.78. The van der Waals surface area contributed by atoms with Gasteiger partial charge in [0.25, 0.3) is 5.91 Å². The molecule has 3 rings (SSSR count). The van der Waals surface area contributed by atoms with Gasteiger partial charge in [-0.3, -0.25) is 4.79 Å². The number of halogens is 1. The van der Waals surface area contributed by atoms with E-state index in [9.17, 15) is 4.79 Å². The standard InChI is InChI=1S/C21H17ClN2O3/c22-19-11-17(12-23)8-9-20(19)27-15-21(25)24(14-18-7-4-10-26-18)13-16-5-2-1-3-6-16/h1-11H,13-15H2. The number of nitrogens with zero attached hydrogens (tertiary/aromatic N) is 2. The molecule has 0 radical (unpaired) electrons. The smallest absolute Gasteiger partial charge is 0.261 e. The monoisotopic (exact) mass is 380 g/mol. The molecular weight excluding hydrogens is 364 g/mol. The third kappa shape index (κ3) is 5.13. The van der Waals surface area contributed by atoms with Crippen LogP contribution in [-0.4, -0.2) is 17.4 Å². The lowest BCUT2D eigenvalue weighted by Gasteiger charge is -2.22. The highest BCUT2D eigenvalue weighted by Crippen LogP contribution is 2.25. The van der Waals surface area contributed by atoms with E-state index in [1.54, 1.807) is 29.4 Å². The molecule has 0 atom stereocenters. The van der Waals surface area contributed by atoms with E-state index in [-0.39, 0.29) is 12.5 Å². The molecule has 0 bridgehead atoms. The van der Waals surface area contributed by atoms with Gasteiger partial charge in [0.2, 0.25) is 0 Å². The summed E-state index contributed by atoms with van der Waals surface area (Å²) in [6.45, 7) is 0.606. The highest BCUT2D eigenvalue weighted by molar-refractivity contribution is 6.32. The lowest BCUT2D eigenvalue weighted by atomic mass is 10.2. The minimum absolute atomic E-state index is 0.167. The molecule has 2 aromatic carbocycles. The average Bonchev–Trinajstić information content (AvgIpc) is 3.20. The Balaban J connectivity index is 1.69. The van der Waals surface area contributed by atoms with Crippen LogP contribution in [0.5, 0.6) is 5.75 Å². The topological polar surface area (TPSA) is 66.5 Å². The van der Waals surface area contributed by atoms with Crippen LogP contribution in [0.15, 0.2) is 71.3 Å². The highest BCUT2D eigenvalue weighted by atomic mass is 35.5. The molecule has 0 saturated carbocycles. The van der Waals surface area contributed by atoms with Gasteiger partial charge >= 0.3 is 0 Å². The van der Waals surface area contributed by atoms with Crippen molar-refractivity contribution < 1.29 is 13.9 Å². The Morgan fingerprint density at radius 3 is 2.59 bits per heavy atom. The third-order valence-electron chi connectivity index (χ3n) is 3.91. The molecule has 0 aliphatic carbocycles. The van der Waals surface area contributed by atoms with Gasteiger partial charge in [-0.1, -0.05) is 41.9 Å². The van der Waals surface area contributed by atoms with Crippen molar-refractivity contribution in [1.29, 1.82) is 5.26 Å². The molecule has 6 heteroatoms. The second-order valence-electron chi connectivity index (χ2n) is 5.86. The fourth-order valence-electron chi connectivity index (χ4n) is 2.54. The summed E-state index contributed by atoms with van der Waals surface area (Å²) >= 11 is 6.10. The predicted molar refractivity (Wildman–Crippen MR) is 101 cm³/mol. The second kappa shape index (κ2) is 8.93. The van der Waals surface area contributed by atoms with Crippen molar-refractivity contribution in [3.05, 3.63) is 88.8 Å². The summed E-state index contributed by atoms with van der Waals surface area (Å²) < 4.78 is 10.9. The van der Waals surface area contributed by atoms with Crippen LogP contribution in [0.4, 0.5) is 0 Å². The molecule has 27 heavy (non-hydrogen) atoms. The quantitative estimate of drug-likeness (QED) is 0.608. The van der Waals surface area contributed by atoms with Gasteiger partial charge in [-0.15, -0.1) is 0 Å². The van der Waals surface area contributed by atoms with Gasteiger partial charge in [-0.05, 0) is 35.9 Å². The van der Waals surface area contributed by atoms with Crippen LogP contribution in [0.2, 0.25) is 5.02 Å². The molecule has 136 valence electrons. The molecule has 3 aromatic rings. The predicted octanol–water partition coefficient (Wildman–Crippen LogP) is 4.41. The largest absolute Gasteiger partial charge is 0.482 e. The Bertz CT molecular complexity index is 934. The number of furan rings is 1. The molecule has 1 amide bonds. The van der Waals surface area contributed by atoms with Crippen LogP contribution in [0.1, 0.15) is 16.9 Å². The number of carbonyl (C=O) groups is 1. The molecule has 0 aliphatic heterocycles. The number of ether oxygens (including phenoxy) is 1. The van der Waals surface area contributed by atoms with E-state index in [1.807, 2.05) is 42.5 Å². The Kier molecular flexibility index (Phi) is 6.14. The number of hydrogen-bond donors (Lipinski definition) is 0. The van der Waals surface area contributed by atoms with Gasteiger partial charge in [-0.25, -0.2) is 0 Å². The molecular formula is C21H17ClN2O3. The summed E-state index contributed by atoms with van der Waals surface area (Å²) in [5, 5.41) is 9.18. The van der Waals surface area contributed by atoms with Crippen molar-refractivity contribution in [2.75, 3.05) is 6.61 Å². The summed E-state index contributed by atoms with van der Waals surface area (Å²) in [4.78, 5) is 14.4. The maximum Gasteiger partial charge on any atom is 0.261 e. The minimum atomic E-state index is -0.198. The SMILES string of the molecule is N#Cc1ccc(OCC(=O)N(Cc2ccccc2)Cc2ccco2)c(Cl)c1. The molecule has 1 aromatic heterocycles. The summed E-state index contributed by atoms with van der Waals surface area (Å²) in [5.74, 6) is 0.855. The third-order valence-corrected chi connectivity index (χ3v) is 4.20. The van der Waals surface area contributed by atoms with Gasteiger partial charge in [-0.2, -0.15) is 5.26 Å². The van der Waals surface area contributed by atoms with Crippen molar-refractivity contribution in [2.24, 2.45) is 0 Å². The van der Waals surface area contributed by atoms with Crippen molar-refractivity contribution >= 4 is 17.5 Å². The van der Waals surface area contributed by atoms with E-state index in [0.717, 1.165) is 5.56 Å². The van der Waals surface area contributed by atoms with E-state index in [4.69, 9.17) is 26.0 Å². The van der Waals surface area contributed by atoms with Crippen molar-refractivity contribution in [2.45, 2.75) is 13.1 Å². The summed E-state index contributed by atoms with van der Waals surface area (Å²) in [6.07, 6.45) is 1.58. The second-order valence-corrected chi connectivity index (χ2v) is 6.27. The van der Waals surface area contributed by atoms with Crippen molar-refractivity contribution in [1.82, 2.24) is 4.90 Å². The van der Waals surface area contributed by atoms with E-state index in [0.29, 0.717) is 35.2 Å². The van der Waals surface area contributed by atoms with Crippen molar-refractivity contribution in [3.63, 3.8) is 0 Å². The van der Waals surface area contributed by atoms with Crippen molar-refractivity contribution in [3.8, 4) is 11.8 Å². The number of amides is 1. The number of rotatable bonds is 7. The Hall–Kier alpha value is -3.23. The zero-order valence-corrected chi connectivity index (χ0v) is 15.2. The van der Waals surface area contributed by atoms with Gasteiger partial charge in [0.1, 0.15) is 11.5 Å².